The van der Waals surface area contributed by atoms with Gasteiger partial charge in [0.2, 0.25) is 0 Å². The first-order valence-electron chi connectivity index (χ1n) is 3.56. The Kier molecular flexibility index (Phi) is 19.4. The lowest BCUT2D eigenvalue weighted by atomic mass is 10.5. The minimum absolute atomic E-state index is 0.0144. The molecule has 0 aliphatic carbocycles. The highest BCUT2D eigenvalue weighted by atomic mass is 16.3. The Morgan fingerprint density at radius 1 is 0.500 bits per heavy atom. The maximum Gasteiger partial charge on any atom is 0.0613 e. The Morgan fingerprint density at radius 3 is 0.750 bits per heavy atom. The van der Waals surface area contributed by atoms with E-state index in [4.69, 9.17) is 20.4 Å². The smallest absolute Gasteiger partial charge is 0.0613 e. The number of rotatable bonds is 4. The van der Waals surface area contributed by atoms with E-state index in [2.05, 4.69) is 0 Å². The molecule has 4 heteroatoms. The van der Waals surface area contributed by atoms with E-state index in [1.165, 1.54) is 24.3 Å². The van der Waals surface area contributed by atoms with Crippen LogP contribution < -0.4 is 0 Å². The van der Waals surface area contributed by atoms with Crippen LogP contribution in [0.15, 0.2) is 24.3 Å². The van der Waals surface area contributed by atoms with Gasteiger partial charge in [-0.2, -0.15) is 0 Å². The predicted molar refractivity (Wildman–Crippen MR) is 46.6 cm³/mol. The lowest BCUT2D eigenvalue weighted by molar-refractivity contribution is 0.329. The van der Waals surface area contributed by atoms with Crippen LogP contribution in [-0.2, 0) is 0 Å². The monoisotopic (exact) mass is 176 g/mol. The summed E-state index contributed by atoms with van der Waals surface area (Å²) in [6.07, 6.45) is 5.94. The number of aliphatic hydroxyl groups is 4. The second-order valence-corrected chi connectivity index (χ2v) is 1.67. The van der Waals surface area contributed by atoms with E-state index in [-0.39, 0.29) is 26.4 Å². The molecule has 0 heterocycles. The maximum absolute atomic E-state index is 8.00. The minimum Gasteiger partial charge on any atom is -0.392 e. The fourth-order valence-corrected chi connectivity index (χ4v) is 0.298. The van der Waals surface area contributed by atoms with Crippen molar-refractivity contribution in [3.8, 4) is 0 Å². The van der Waals surface area contributed by atoms with Gasteiger partial charge in [-0.05, 0) is 0 Å². The van der Waals surface area contributed by atoms with E-state index < -0.39 is 0 Å². The lowest BCUT2D eigenvalue weighted by Crippen LogP contribution is -1.74. The molecule has 0 rings (SSSR count). The standard InChI is InChI=1S/2C4H8O2/c2*5-3-1-2-4-6/h2*1-2,5-6H,3-4H2/b2-1+;2-1-. The first-order valence-corrected chi connectivity index (χ1v) is 3.56. The zero-order valence-corrected chi connectivity index (χ0v) is 6.93. The molecule has 0 aliphatic rings. The van der Waals surface area contributed by atoms with Gasteiger partial charge in [-0.1, -0.05) is 24.3 Å². The van der Waals surface area contributed by atoms with Gasteiger partial charge in [0.05, 0.1) is 26.4 Å². The van der Waals surface area contributed by atoms with E-state index in [0.29, 0.717) is 0 Å². The molecule has 4 N–H and O–H groups in total. The summed E-state index contributed by atoms with van der Waals surface area (Å²) in [4.78, 5) is 0. The van der Waals surface area contributed by atoms with Crippen molar-refractivity contribution in [1.29, 1.82) is 0 Å². The zero-order valence-electron chi connectivity index (χ0n) is 6.93. The topological polar surface area (TPSA) is 80.9 Å². The molecule has 12 heavy (non-hydrogen) atoms. The molecule has 0 unspecified atom stereocenters. The largest absolute Gasteiger partial charge is 0.392 e. The highest BCUT2D eigenvalue weighted by molar-refractivity contribution is 4.79. The molecule has 0 saturated carbocycles. The maximum atomic E-state index is 8.00. The zero-order chi connectivity index (χ0) is 9.66. The summed E-state index contributed by atoms with van der Waals surface area (Å²) in [5.74, 6) is 0. The molecule has 4 nitrogen and oxygen atoms in total. The molecule has 0 amide bonds. The van der Waals surface area contributed by atoms with Crippen molar-refractivity contribution < 1.29 is 20.4 Å². The molecular formula is C8H16O4. The highest BCUT2D eigenvalue weighted by Crippen LogP contribution is 1.63. The fraction of sp³-hybridized carbons (Fsp3) is 0.500. The van der Waals surface area contributed by atoms with Crippen molar-refractivity contribution in [3.63, 3.8) is 0 Å². The molecule has 0 aromatic rings. The third kappa shape index (κ3) is 22.8. The molecule has 0 atom stereocenters. The van der Waals surface area contributed by atoms with Crippen molar-refractivity contribution in [2.75, 3.05) is 26.4 Å². The molecule has 0 aliphatic heterocycles. The van der Waals surface area contributed by atoms with E-state index >= 15 is 0 Å². The van der Waals surface area contributed by atoms with Crippen LogP contribution in [0.4, 0.5) is 0 Å². The summed E-state index contributed by atoms with van der Waals surface area (Å²) < 4.78 is 0. The molecule has 72 valence electrons. The Morgan fingerprint density at radius 2 is 0.667 bits per heavy atom. The normalized spacial score (nSPS) is 10.3. The molecule has 0 aromatic heterocycles. The fourth-order valence-electron chi connectivity index (χ4n) is 0.298. The highest BCUT2D eigenvalue weighted by Gasteiger charge is 1.61. The summed E-state index contributed by atoms with van der Waals surface area (Å²) in [5.41, 5.74) is 0. The van der Waals surface area contributed by atoms with Gasteiger partial charge < -0.3 is 20.4 Å². The molecule has 0 saturated heterocycles. The van der Waals surface area contributed by atoms with Gasteiger partial charge in [0.1, 0.15) is 0 Å². The SMILES string of the molecule is OC/C=C/CO.OC/C=C\CO. The van der Waals surface area contributed by atoms with Crippen molar-refractivity contribution in [2.24, 2.45) is 0 Å². The average molecular weight is 176 g/mol. The number of hydrogen-bond donors (Lipinski definition) is 4. The summed E-state index contributed by atoms with van der Waals surface area (Å²) in [6, 6.07) is 0. The number of aliphatic hydroxyl groups excluding tert-OH is 4. The Labute approximate surface area is 72.1 Å². The van der Waals surface area contributed by atoms with Crippen LogP contribution >= 0.6 is 0 Å². The summed E-state index contributed by atoms with van der Waals surface area (Å²) >= 11 is 0. The van der Waals surface area contributed by atoms with Crippen molar-refractivity contribution in [1.82, 2.24) is 0 Å². The third-order valence-corrected chi connectivity index (χ3v) is 0.755. The van der Waals surface area contributed by atoms with Crippen LogP contribution in [0.3, 0.4) is 0 Å². The predicted octanol–water partition coefficient (Wildman–Crippen LogP) is -0.946. The summed E-state index contributed by atoms with van der Waals surface area (Å²) in [6.45, 7) is 0.0578. The van der Waals surface area contributed by atoms with Gasteiger partial charge in [-0.15, -0.1) is 0 Å². The Balaban J connectivity index is 0. The number of hydrogen-bond acceptors (Lipinski definition) is 4. The van der Waals surface area contributed by atoms with E-state index in [1.807, 2.05) is 0 Å². The molecular weight excluding hydrogens is 160 g/mol. The molecule has 0 radical (unpaired) electrons. The van der Waals surface area contributed by atoms with Crippen LogP contribution in [0, 0.1) is 0 Å². The lowest BCUT2D eigenvalue weighted by Gasteiger charge is -1.73. The van der Waals surface area contributed by atoms with Gasteiger partial charge in [-0.25, -0.2) is 0 Å². The van der Waals surface area contributed by atoms with Crippen LogP contribution in [0.5, 0.6) is 0 Å². The molecule has 0 aromatic carbocycles. The molecule has 0 bridgehead atoms. The molecule has 0 fully saturated rings. The van der Waals surface area contributed by atoms with Crippen molar-refractivity contribution in [2.45, 2.75) is 0 Å². The second-order valence-electron chi connectivity index (χ2n) is 1.67. The van der Waals surface area contributed by atoms with E-state index in [9.17, 15) is 0 Å². The first kappa shape index (κ1) is 13.9. The molecule has 0 spiro atoms. The third-order valence-electron chi connectivity index (χ3n) is 0.755. The van der Waals surface area contributed by atoms with Crippen molar-refractivity contribution >= 4 is 0 Å². The first-order chi connectivity index (χ1) is 5.83. The minimum atomic E-state index is 0.0144. The van der Waals surface area contributed by atoms with E-state index in [1.54, 1.807) is 0 Å². The quantitative estimate of drug-likeness (QED) is 0.416. The van der Waals surface area contributed by atoms with Crippen LogP contribution in [-0.4, -0.2) is 46.9 Å². The van der Waals surface area contributed by atoms with E-state index in [0.717, 1.165) is 0 Å². The average Bonchev–Trinajstić information content (AvgIpc) is 2.12. The Bertz CT molecular complexity index is 83.6. The van der Waals surface area contributed by atoms with Crippen LogP contribution in [0.1, 0.15) is 0 Å². The van der Waals surface area contributed by atoms with Gasteiger partial charge in [0.25, 0.3) is 0 Å². The summed E-state index contributed by atoms with van der Waals surface area (Å²) in [7, 11) is 0. The van der Waals surface area contributed by atoms with Crippen molar-refractivity contribution in [3.05, 3.63) is 24.3 Å². The second kappa shape index (κ2) is 16.7. The van der Waals surface area contributed by atoms with Crippen LogP contribution in [0.25, 0.3) is 0 Å². The van der Waals surface area contributed by atoms with Gasteiger partial charge in [0.15, 0.2) is 0 Å². The van der Waals surface area contributed by atoms with Crippen LogP contribution in [0.2, 0.25) is 0 Å². The Hall–Kier alpha value is -0.680. The van der Waals surface area contributed by atoms with Gasteiger partial charge in [-0.3, -0.25) is 0 Å². The van der Waals surface area contributed by atoms with Gasteiger partial charge >= 0.3 is 0 Å². The summed E-state index contributed by atoms with van der Waals surface area (Å²) in [5, 5.41) is 32.0. The van der Waals surface area contributed by atoms with Gasteiger partial charge in [0, 0.05) is 0 Å².